The van der Waals surface area contributed by atoms with Gasteiger partial charge in [-0.3, -0.25) is 9.79 Å². The third kappa shape index (κ3) is 8.59. The lowest BCUT2D eigenvalue weighted by Crippen LogP contribution is -2.48. The first-order valence-electron chi connectivity index (χ1n) is 6.21. The van der Waals surface area contributed by atoms with E-state index in [1.54, 1.807) is 0 Å². The predicted octanol–water partition coefficient (Wildman–Crippen LogP) is -1.31. The molecule has 0 spiro atoms. The van der Waals surface area contributed by atoms with Gasteiger partial charge in [-0.2, -0.15) is 11.8 Å². The van der Waals surface area contributed by atoms with Gasteiger partial charge in [-0.05, 0) is 31.3 Å². The Morgan fingerprint density at radius 3 is 2.50 bits per heavy atom. The summed E-state index contributed by atoms with van der Waals surface area (Å²) in [5.41, 5.74) is 16.0. The standard InChI is InChI=1S/C11H23N5O3S/c1-20-6-4-8(10(18)19)16-9(17)7(12)3-2-5-15-11(13)14/h7-8H,2-6,12H2,1H3,(H,16,17)(H,18,19)(H4,13,14,15)/t7?,8-/m0/s1. The van der Waals surface area contributed by atoms with Crippen LogP contribution in [0.25, 0.3) is 0 Å². The molecule has 116 valence electrons. The summed E-state index contributed by atoms with van der Waals surface area (Å²) in [5, 5.41) is 11.4. The fraction of sp³-hybridized carbons (Fsp3) is 0.727. The number of amides is 1. The highest BCUT2D eigenvalue weighted by molar-refractivity contribution is 7.98. The molecule has 0 bridgehead atoms. The number of nitrogens with two attached hydrogens (primary N) is 3. The van der Waals surface area contributed by atoms with Crippen molar-refractivity contribution in [2.24, 2.45) is 22.2 Å². The van der Waals surface area contributed by atoms with E-state index in [0.29, 0.717) is 31.6 Å². The van der Waals surface area contributed by atoms with Crippen molar-refractivity contribution in [2.75, 3.05) is 18.6 Å². The maximum absolute atomic E-state index is 11.8. The van der Waals surface area contributed by atoms with Gasteiger partial charge >= 0.3 is 5.97 Å². The molecule has 2 atom stereocenters. The van der Waals surface area contributed by atoms with E-state index in [9.17, 15) is 9.59 Å². The van der Waals surface area contributed by atoms with E-state index in [1.165, 1.54) is 11.8 Å². The topological polar surface area (TPSA) is 157 Å². The summed E-state index contributed by atoms with van der Waals surface area (Å²) in [5.74, 6) is -0.883. The highest BCUT2D eigenvalue weighted by Crippen LogP contribution is 2.02. The molecule has 9 heteroatoms. The Morgan fingerprint density at radius 2 is 2.00 bits per heavy atom. The third-order valence-corrected chi connectivity index (χ3v) is 3.17. The minimum absolute atomic E-state index is 0.00831. The van der Waals surface area contributed by atoms with Gasteiger partial charge in [0.1, 0.15) is 6.04 Å². The van der Waals surface area contributed by atoms with Crippen molar-refractivity contribution in [3.05, 3.63) is 0 Å². The van der Waals surface area contributed by atoms with Crippen LogP contribution in [-0.4, -0.2) is 53.6 Å². The molecule has 0 rings (SSSR count). The van der Waals surface area contributed by atoms with Crippen molar-refractivity contribution in [1.82, 2.24) is 5.32 Å². The molecule has 0 aromatic rings. The van der Waals surface area contributed by atoms with Crippen LogP contribution in [0.2, 0.25) is 0 Å². The van der Waals surface area contributed by atoms with Gasteiger partial charge in [0.05, 0.1) is 6.04 Å². The number of nitrogens with zero attached hydrogens (tertiary/aromatic N) is 1. The van der Waals surface area contributed by atoms with E-state index in [1.807, 2.05) is 6.26 Å². The highest BCUT2D eigenvalue weighted by atomic mass is 32.2. The van der Waals surface area contributed by atoms with Crippen LogP contribution in [0.1, 0.15) is 19.3 Å². The Balaban J connectivity index is 4.14. The maximum atomic E-state index is 11.8. The molecule has 0 fully saturated rings. The van der Waals surface area contributed by atoms with Gasteiger partial charge in [0.25, 0.3) is 0 Å². The van der Waals surface area contributed by atoms with Gasteiger partial charge in [-0.1, -0.05) is 0 Å². The molecule has 1 unspecified atom stereocenters. The number of aliphatic carboxylic acids is 1. The molecule has 0 saturated carbocycles. The van der Waals surface area contributed by atoms with E-state index in [-0.39, 0.29) is 5.96 Å². The smallest absolute Gasteiger partial charge is 0.326 e. The normalized spacial score (nSPS) is 13.3. The number of hydrogen-bond donors (Lipinski definition) is 5. The number of carboxylic acid groups (broad SMARTS) is 1. The lowest BCUT2D eigenvalue weighted by Gasteiger charge is -2.17. The van der Waals surface area contributed by atoms with E-state index < -0.39 is 24.0 Å². The van der Waals surface area contributed by atoms with Gasteiger partial charge in [0.2, 0.25) is 5.91 Å². The Labute approximate surface area is 122 Å². The number of carboxylic acids is 1. The fourth-order valence-electron chi connectivity index (χ4n) is 1.42. The van der Waals surface area contributed by atoms with Crippen molar-refractivity contribution in [3.8, 4) is 0 Å². The predicted molar refractivity (Wildman–Crippen MR) is 80.5 cm³/mol. The zero-order valence-electron chi connectivity index (χ0n) is 11.5. The first-order valence-corrected chi connectivity index (χ1v) is 7.61. The SMILES string of the molecule is CSCC[C@H](NC(=O)C(N)CCCN=C(N)N)C(=O)O. The molecule has 0 saturated heterocycles. The number of nitrogens with one attached hydrogen (secondary N) is 1. The lowest BCUT2D eigenvalue weighted by molar-refractivity contribution is -0.142. The Morgan fingerprint density at radius 1 is 1.35 bits per heavy atom. The number of rotatable bonds is 10. The van der Waals surface area contributed by atoms with Crippen molar-refractivity contribution in [2.45, 2.75) is 31.3 Å². The first-order chi connectivity index (χ1) is 9.38. The molecule has 1 amide bonds. The monoisotopic (exact) mass is 305 g/mol. The average Bonchev–Trinajstić information content (AvgIpc) is 2.38. The molecule has 0 aliphatic carbocycles. The van der Waals surface area contributed by atoms with E-state index in [0.717, 1.165) is 0 Å². The molecule has 0 aliphatic heterocycles. The van der Waals surface area contributed by atoms with Crippen LogP contribution in [0, 0.1) is 0 Å². The second-order valence-corrected chi connectivity index (χ2v) is 5.22. The first kappa shape index (κ1) is 18.5. The number of hydrogen-bond acceptors (Lipinski definition) is 5. The maximum Gasteiger partial charge on any atom is 0.326 e. The second-order valence-electron chi connectivity index (χ2n) is 4.24. The Bertz CT molecular complexity index is 347. The molecule has 8 nitrogen and oxygen atoms in total. The van der Waals surface area contributed by atoms with Gasteiger partial charge in [-0.25, -0.2) is 4.79 Å². The minimum atomic E-state index is -1.06. The third-order valence-electron chi connectivity index (χ3n) is 2.53. The summed E-state index contributed by atoms with van der Waals surface area (Å²) < 4.78 is 0. The second kappa shape index (κ2) is 10.3. The number of aliphatic imine (C=N–C) groups is 1. The summed E-state index contributed by atoms with van der Waals surface area (Å²) >= 11 is 1.52. The van der Waals surface area contributed by atoms with Crippen LogP contribution < -0.4 is 22.5 Å². The number of carbonyl (C=O) groups excluding carboxylic acids is 1. The molecule has 0 aromatic heterocycles. The molecule has 0 aromatic carbocycles. The van der Waals surface area contributed by atoms with Gasteiger partial charge in [0.15, 0.2) is 5.96 Å². The van der Waals surface area contributed by atoms with Crippen LogP contribution in [0.3, 0.4) is 0 Å². The van der Waals surface area contributed by atoms with Crippen molar-refractivity contribution in [1.29, 1.82) is 0 Å². The van der Waals surface area contributed by atoms with Crippen LogP contribution in [0.15, 0.2) is 4.99 Å². The molecule has 0 radical (unpaired) electrons. The zero-order chi connectivity index (χ0) is 15.5. The van der Waals surface area contributed by atoms with Crippen molar-refractivity contribution in [3.63, 3.8) is 0 Å². The van der Waals surface area contributed by atoms with Crippen LogP contribution in [0.4, 0.5) is 0 Å². The fourth-order valence-corrected chi connectivity index (χ4v) is 1.89. The quantitative estimate of drug-likeness (QED) is 0.190. The van der Waals surface area contributed by atoms with Crippen LogP contribution in [0.5, 0.6) is 0 Å². The zero-order valence-corrected chi connectivity index (χ0v) is 12.4. The summed E-state index contributed by atoms with van der Waals surface area (Å²) in [6.45, 7) is 0.387. The number of thioether (sulfide) groups is 1. The summed E-state index contributed by atoms with van der Waals surface area (Å²) in [7, 11) is 0. The van der Waals surface area contributed by atoms with Crippen molar-refractivity contribution < 1.29 is 14.7 Å². The van der Waals surface area contributed by atoms with Crippen LogP contribution >= 0.6 is 11.8 Å². The largest absolute Gasteiger partial charge is 0.480 e. The van der Waals surface area contributed by atoms with Crippen LogP contribution in [-0.2, 0) is 9.59 Å². The molecular weight excluding hydrogens is 282 g/mol. The average molecular weight is 305 g/mol. The van der Waals surface area contributed by atoms with Gasteiger partial charge in [0, 0.05) is 6.54 Å². The Kier molecular flexibility index (Phi) is 9.56. The summed E-state index contributed by atoms with van der Waals surface area (Å²) in [6, 6.07) is -1.67. The molecule has 8 N–H and O–H groups in total. The summed E-state index contributed by atoms with van der Waals surface area (Å²) in [6.07, 6.45) is 3.17. The van der Waals surface area contributed by atoms with Gasteiger partial charge in [-0.15, -0.1) is 0 Å². The summed E-state index contributed by atoms with van der Waals surface area (Å²) in [4.78, 5) is 26.5. The molecular formula is C11H23N5O3S. The Hall–Kier alpha value is -1.48. The lowest BCUT2D eigenvalue weighted by atomic mass is 10.1. The number of carbonyl (C=O) groups is 2. The van der Waals surface area contributed by atoms with Crippen molar-refractivity contribution >= 4 is 29.6 Å². The van der Waals surface area contributed by atoms with Gasteiger partial charge < -0.3 is 27.6 Å². The highest BCUT2D eigenvalue weighted by Gasteiger charge is 2.22. The van der Waals surface area contributed by atoms with E-state index in [4.69, 9.17) is 22.3 Å². The molecule has 0 heterocycles. The minimum Gasteiger partial charge on any atom is -0.480 e. The number of guanidine groups is 1. The molecule has 0 aliphatic rings. The van der Waals surface area contributed by atoms with E-state index in [2.05, 4.69) is 10.3 Å². The van der Waals surface area contributed by atoms with E-state index >= 15 is 0 Å². The molecule has 20 heavy (non-hydrogen) atoms.